The second-order valence-corrected chi connectivity index (χ2v) is 4.23. The quantitative estimate of drug-likeness (QED) is 0.449. The Hall–Kier alpha value is -0.950. The number of rotatable bonds is 5. The number of nitrogens with two attached hydrogens (primary N) is 1. The molecule has 6 nitrogen and oxygen atoms in total. The maximum atomic E-state index is 10.7. The van der Waals surface area contributed by atoms with Crippen LogP contribution < -0.4 is 5.73 Å². The first kappa shape index (κ1) is 12.0. The van der Waals surface area contributed by atoms with Gasteiger partial charge < -0.3 is 5.73 Å². The van der Waals surface area contributed by atoms with Gasteiger partial charge in [0.05, 0.1) is 5.25 Å². The van der Waals surface area contributed by atoms with E-state index in [1.807, 2.05) is 0 Å². The zero-order valence-electron chi connectivity index (χ0n) is 7.06. The summed E-state index contributed by atoms with van der Waals surface area (Å²) < 4.78 is 29.7. The molecule has 0 bridgehead atoms. The highest BCUT2D eigenvalue weighted by molar-refractivity contribution is 7.86. The molecule has 0 saturated heterocycles. The molecule has 0 aliphatic heterocycles. The average molecular weight is 209 g/mol. The molecule has 0 aliphatic rings. The Labute approximate surface area is 75.9 Å². The van der Waals surface area contributed by atoms with Crippen LogP contribution in [0.15, 0.2) is 0 Å². The van der Waals surface area contributed by atoms with Crippen LogP contribution >= 0.6 is 0 Å². The number of Topliss-reactive ketones (excluding diaryl/α,β-unsaturated/α-hetero) is 1. The molecular formula is C6H11NO5S. The zero-order valence-corrected chi connectivity index (χ0v) is 7.87. The monoisotopic (exact) mass is 209 g/mol. The molecule has 1 amide bonds. The highest BCUT2D eigenvalue weighted by atomic mass is 32.2. The van der Waals surface area contributed by atoms with Gasteiger partial charge in [-0.1, -0.05) is 6.92 Å². The molecule has 1 unspecified atom stereocenters. The number of hydrogen-bond acceptors (Lipinski definition) is 4. The molecule has 3 N–H and O–H groups in total. The maximum absolute atomic E-state index is 10.7. The lowest BCUT2D eigenvalue weighted by Gasteiger charge is -2.08. The smallest absolute Gasteiger partial charge is 0.284 e. The van der Waals surface area contributed by atoms with Crippen molar-refractivity contribution in [2.45, 2.75) is 25.0 Å². The van der Waals surface area contributed by atoms with Crippen LogP contribution in [0.3, 0.4) is 0 Å². The van der Waals surface area contributed by atoms with E-state index >= 15 is 0 Å². The van der Waals surface area contributed by atoms with Gasteiger partial charge in [-0.2, -0.15) is 8.42 Å². The molecule has 0 aliphatic carbocycles. The molecule has 0 fully saturated rings. The Bertz CT molecular complexity index is 307. The third-order valence-electron chi connectivity index (χ3n) is 1.56. The largest absolute Gasteiger partial charge is 0.363 e. The van der Waals surface area contributed by atoms with Crippen LogP contribution in [0.2, 0.25) is 0 Å². The van der Waals surface area contributed by atoms with E-state index in [0.717, 1.165) is 0 Å². The van der Waals surface area contributed by atoms with E-state index in [4.69, 9.17) is 4.55 Å². The Kier molecular flexibility index (Phi) is 4.02. The number of hydrogen-bond donors (Lipinski definition) is 2. The van der Waals surface area contributed by atoms with Crippen molar-refractivity contribution in [2.75, 3.05) is 0 Å². The van der Waals surface area contributed by atoms with E-state index < -0.39 is 33.5 Å². The van der Waals surface area contributed by atoms with Gasteiger partial charge in [-0.15, -0.1) is 0 Å². The van der Waals surface area contributed by atoms with Crippen molar-refractivity contribution in [1.29, 1.82) is 0 Å². The van der Waals surface area contributed by atoms with Crippen LogP contribution in [0, 0.1) is 0 Å². The lowest BCUT2D eigenvalue weighted by molar-refractivity contribution is -0.136. The molecule has 0 spiro atoms. The second kappa shape index (κ2) is 4.33. The van der Waals surface area contributed by atoms with Crippen LogP contribution in [0.4, 0.5) is 0 Å². The fraction of sp³-hybridized carbons (Fsp3) is 0.667. The molecule has 0 aromatic rings. The Morgan fingerprint density at radius 1 is 1.46 bits per heavy atom. The SMILES string of the molecule is CCC(CC(=O)C(N)=O)S(=O)(=O)O. The standard InChI is InChI=1S/C6H11NO5S/c1-2-4(13(10,11)12)3-5(8)6(7)9/h4H,2-3H2,1H3,(H2,7,9)(H,10,11,12). The Morgan fingerprint density at radius 2 is 1.92 bits per heavy atom. The topological polar surface area (TPSA) is 115 Å². The van der Waals surface area contributed by atoms with Crippen molar-refractivity contribution in [1.82, 2.24) is 0 Å². The van der Waals surface area contributed by atoms with Crippen LogP contribution in [-0.4, -0.2) is 29.9 Å². The highest BCUT2D eigenvalue weighted by Gasteiger charge is 2.25. The number of carbonyl (C=O) groups is 2. The lowest BCUT2D eigenvalue weighted by atomic mass is 10.2. The normalized spacial score (nSPS) is 13.7. The predicted molar refractivity (Wildman–Crippen MR) is 44.4 cm³/mol. The summed E-state index contributed by atoms with van der Waals surface area (Å²) in [5.41, 5.74) is 4.62. The molecule has 0 heterocycles. The second-order valence-electron chi connectivity index (χ2n) is 2.54. The highest BCUT2D eigenvalue weighted by Crippen LogP contribution is 2.08. The Balaban J connectivity index is 4.49. The Morgan fingerprint density at radius 3 is 2.15 bits per heavy atom. The molecule has 0 aromatic carbocycles. The van der Waals surface area contributed by atoms with Gasteiger partial charge in [-0.25, -0.2) is 0 Å². The maximum Gasteiger partial charge on any atom is 0.284 e. The van der Waals surface area contributed by atoms with Gasteiger partial charge in [0.15, 0.2) is 0 Å². The van der Waals surface area contributed by atoms with Crippen molar-refractivity contribution >= 4 is 21.8 Å². The van der Waals surface area contributed by atoms with Gasteiger partial charge in [0.25, 0.3) is 16.0 Å². The molecule has 1 atom stereocenters. The summed E-state index contributed by atoms with van der Waals surface area (Å²) in [6.45, 7) is 1.48. The van der Waals surface area contributed by atoms with E-state index in [1.165, 1.54) is 6.92 Å². The lowest BCUT2D eigenvalue weighted by Crippen LogP contribution is -2.30. The molecule has 13 heavy (non-hydrogen) atoms. The van der Waals surface area contributed by atoms with E-state index in [-0.39, 0.29) is 6.42 Å². The van der Waals surface area contributed by atoms with E-state index in [0.29, 0.717) is 0 Å². The van der Waals surface area contributed by atoms with Crippen LogP contribution in [-0.2, 0) is 19.7 Å². The minimum atomic E-state index is -4.27. The third-order valence-corrected chi connectivity index (χ3v) is 2.91. The number of primary amides is 1. The minimum absolute atomic E-state index is 0.0534. The van der Waals surface area contributed by atoms with Crippen LogP contribution in [0.5, 0.6) is 0 Å². The molecule has 76 valence electrons. The summed E-state index contributed by atoms with van der Waals surface area (Å²) >= 11 is 0. The van der Waals surface area contributed by atoms with Crippen LogP contribution in [0.1, 0.15) is 19.8 Å². The predicted octanol–water partition coefficient (Wildman–Crippen LogP) is -0.903. The number of carbonyl (C=O) groups excluding carboxylic acids is 2. The molecule has 7 heteroatoms. The van der Waals surface area contributed by atoms with E-state index in [9.17, 15) is 18.0 Å². The number of amides is 1. The van der Waals surface area contributed by atoms with Gasteiger partial charge >= 0.3 is 0 Å². The summed E-state index contributed by atoms with van der Waals surface area (Å²) in [4.78, 5) is 21.0. The van der Waals surface area contributed by atoms with E-state index in [2.05, 4.69) is 5.73 Å². The molecule has 0 saturated carbocycles. The van der Waals surface area contributed by atoms with Gasteiger partial charge in [-0.05, 0) is 6.42 Å². The summed E-state index contributed by atoms with van der Waals surface area (Å²) in [5.74, 6) is -2.19. The first-order valence-electron chi connectivity index (χ1n) is 3.58. The van der Waals surface area contributed by atoms with Crippen molar-refractivity contribution in [3.05, 3.63) is 0 Å². The van der Waals surface area contributed by atoms with Crippen molar-refractivity contribution in [3.63, 3.8) is 0 Å². The van der Waals surface area contributed by atoms with Crippen molar-refractivity contribution in [3.8, 4) is 0 Å². The van der Waals surface area contributed by atoms with Gasteiger partial charge in [0.2, 0.25) is 5.78 Å². The fourth-order valence-corrected chi connectivity index (χ4v) is 1.55. The van der Waals surface area contributed by atoms with Crippen LogP contribution in [0.25, 0.3) is 0 Å². The zero-order chi connectivity index (χ0) is 10.6. The van der Waals surface area contributed by atoms with E-state index in [1.54, 1.807) is 0 Å². The summed E-state index contributed by atoms with van der Waals surface area (Å²) in [6.07, 6.45) is -0.511. The molecule has 0 radical (unpaired) electrons. The van der Waals surface area contributed by atoms with Crippen molar-refractivity contribution in [2.24, 2.45) is 5.73 Å². The first-order chi connectivity index (χ1) is 5.79. The summed E-state index contributed by atoms with van der Waals surface area (Å²) in [6, 6.07) is 0. The minimum Gasteiger partial charge on any atom is -0.363 e. The number of ketones is 1. The first-order valence-corrected chi connectivity index (χ1v) is 5.08. The molecular weight excluding hydrogens is 198 g/mol. The molecule has 0 rings (SSSR count). The summed E-state index contributed by atoms with van der Waals surface area (Å²) in [5, 5.41) is -1.24. The average Bonchev–Trinajstić information content (AvgIpc) is 1.96. The van der Waals surface area contributed by atoms with Gasteiger partial charge in [-0.3, -0.25) is 14.1 Å². The fourth-order valence-electron chi connectivity index (χ4n) is 0.768. The molecule has 0 aromatic heterocycles. The van der Waals surface area contributed by atoms with Gasteiger partial charge in [0, 0.05) is 6.42 Å². The van der Waals surface area contributed by atoms with Gasteiger partial charge in [0.1, 0.15) is 0 Å². The van der Waals surface area contributed by atoms with Crippen molar-refractivity contribution < 1.29 is 22.6 Å². The summed E-state index contributed by atoms with van der Waals surface area (Å²) in [7, 11) is -4.27. The third kappa shape index (κ3) is 4.00.